The molecular formula is C15H29IN4O3S. The molecule has 1 N–H and O–H groups in total. The van der Waals surface area contributed by atoms with Gasteiger partial charge in [-0.1, -0.05) is 12.2 Å². The Morgan fingerprint density at radius 1 is 1.33 bits per heavy atom. The molecule has 140 valence electrons. The van der Waals surface area contributed by atoms with E-state index in [1.54, 1.807) is 7.05 Å². The number of halogens is 1. The first-order chi connectivity index (χ1) is 11.0. The molecule has 1 atom stereocenters. The summed E-state index contributed by atoms with van der Waals surface area (Å²) in [5.41, 5.74) is 0. The first kappa shape index (κ1) is 21.7. The second-order valence-electron chi connectivity index (χ2n) is 6.03. The highest BCUT2D eigenvalue weighted by atomic mass is 127. The molecule has 2 rings (SSSR count). The molecule has 0 radical (unpaired) electrons. The van der Waals surface area contributed by atoms with Crippen LogP contribution in [0.4, 0.5) is 0 Å². The number of aliphatic imine (C=N–C) groups is 1. The largest absolute Gasteiger partial charge is 0.379 e. The van der Waals surface area contributed by atoms with Gasteiger partial charge in [0, 0.05) is 52.1 Å². The molecule has 9 heteroatoms. The number of hydrogen-bond acceptors (Lipinski definition) is 5. The van der Waals surface area contributed by atoms with Crippen LogP contribution in [0.1, 0.15) is 6.42 Å². The van der Waals surface area contributed by atoms with Crippen LogP contribution in [0.5, 0.6) is 0 Å². The van der Waals surface area contributed by atoms with Crippen LogP contribution in [-0.4, -0.2) is 95.2 Å². The van der Waals surface area contributed by atoms with Crippen LogP contribution in [0.2, 0.25) is 0 Å². The molecule has 0 aromatic rings. The van der Waals surface area contributed by atoms with Gasteiger partial charge in [0.2, 0.25) is 0 Å². The molecule has 1 saturated heterocycles. The Morgan fingerprint density at radius 2 is 2.04 bits per heavy atom. The molecule has 1 unspecified atom stereocenters. The molecule has 0 saturated carbocycles. The molecule has 1 fully saturated rings. The molecule has 0 spiro atoms. The van der Waals surface area contributed by atoms with Gasteiger partial charge in [0.25, 0.3) is 0 Å². The van der Waals surface area contributed by atoms with Crippen LogP contribution >= 0.6 is 24.0 Å². The van der Waals surface area contributed by atoms with Crippen molar-refractivity contribution >= 4 is 39.8 Å². The maximum Gasteiger partial charge on any atom is 0.193 e. The smallest absolute Gasteiger partial charge is 0.193 e. The average molecular weight is 472 g/mol. The topological polar surface area (TPSA) is 74.2 Å². The van der Waals surface area contributed by atoms with Crippen molar-refractivity contribution in [2.24, 2.45) is 4.99 Å². The zero-order valence-electron chi connectivity index (χ0n) is 14.5. The maximum atomic E-state index is 11.0. The number of rotatable bonds is 7. The third-order valence-electron chi connectivity index (χ3n) is 4.17. The van der Waals surface area contributed by atoms with Gasteiger partial charge in [-0.15, -0.1) is 24.0 Å². The summed E-state index contributed by atoms with van der Waals surface area (Å²) in [6.45, 7) is 5.46. The van der Waals surface area contributed by atoms with Crippen molar-refractivity contribution in [3.05, 3.63) is 12.2 Å². The van der Waals surface area contributed by atoms with Gasteiger partial charge >= 0.3 is 0 Å². The number of nitrogens with zero attached hydrogens (tertiary/aromatic N) is 3. The molecule has 2 aliphatic heterocycles. The minimum atomic E-state index is -2.95. The number of guanidine groups is 1. The SMILES string of the molecule is CN=C(NCCOCCS(C)(=O)=O)N1CCC(N2CC=CC2)C1.I. The predicted octanol–water partition coefficient (Wildman–Crippen LogP) is 0.187. The van der Waals surface area contributed by atoms with Gasteiger partial charge < -0.3 is 15.0 Å². The van der Waals surface area contributed by atoms with Crippen molar-refractivity contribution in [1.82, 2.24) is 15.1 Å². The zero-order valence-corrected chi connectivity index (χ0v) is 17.6. The van der Waals surface area contributed by atoms with Crippen LogP contribution in [0.25, 0.3) is 0 Å². The van der Waals surface area contributed by atoms with Gasteiger partial charge in [-0.25, -0.2) is 8.42 Å². The van der Waals surface area contributed by atoms with E-state index in [0.717, 1.165) is 38.6 Å². The summed E-state index contributed by atoms with van der Waals surface area (Å²) in [6, 6.07) is 0.592. The monoisotopic (exact) mass is 472 g/mol. The van der Waals surface area contributed by atoms with E-state index in [4.69, 9.17) is 4.74 Å². The summed E-state index contributed by atoms with van der Waals surface area (Å²) in [5, 5.41) is 3.29. The van der Waals surface area contributed by atoms with Crippen LogP contribution in [0.15, 0.2) is 17.1 Å². The van der Waals surface area contributed by atoms with E-state index in [-0.39, 0.29) is 36.3 Å². The van der Waals surface area contributed by atoms with Gasteiger partial charge in [0.05, 0.1) is 19.0 Å². The Morgan fingerprint density at radius 3 is 2.67 bits per heavy atom. The lowest BCUT2D eigenvalue weighted by atomic mass is 10.2. The number of sulfone groups is 1. The van der Waals surface area contributed by atoms with E-state index >= 15 is 0 Å². The van der Waals surface area contributed by atoms with Crippen LogP contribution in [0.3, 0.4) is 0 Å². The first-order valence-corrected chi connectivity index (χ1v) is 10.2. The van der Waals surface area contributed by atoms with Crippen molar-refractivity contribution in [2.45, 2.75) is 12.5 Å². The van der Waals surface area contributed by atoms with Gasteiger partial charge in [-0.3, -0.25) is 9.89 Å². The minimum Gasteiger partial charge on any atom is -0.379 e. The lowest BCUT2D eigenvalue weighted by Gasteiger charge is -2.25. The van der Waals surface area contributed by atoms with Gasteiger partial charge in [0.1, 0.15) is 9.84 Å². The van der Waals surface area contributed by atoms with Crippen molar-refractivity contribution in [3.8, 4) is 0 Å². The molecule has 2 heterocycles. The molecule has 7 nitrogen and oxygen atoms in total. The van der Waals surface area contributed by atoms with E-state index in [1.165, 1.54) is 6.26 Å². The normalized spacial score (nSPS) is 22.0. The lowest BCUT2D eigenvalue weighted by Crippen LogP contribution is -2.43. The van der Waals surface area contributed by atoms with E-state index < -0.39 is 9.84 Å². The maximum absolute atomic E-state index is 11.0. The summed E-state index contributed by atoms with van der Waals surface area (Å²) in [5.74, 6) is 0.964. The molecule has 0 aromatic carbocycles. The summed E-state index contributed by atoms with van der Waals surface area (Å²) >= 11 is 0. The fourth-order valence-electron chi connectivity index (χ4n) is 2.90. The highest BCUT2D eigenvalue weighted by Gasteiger charge is 2.29. The third-order valence-corrected chi connectivity index (χ3v) is 5.07. The van der Waals surface area contributed by atoms with Crippen molar-refractivity contribution in [1.29, 1.82) is 0 Å². The number of ether oxygens (including phenoxy) is 1. The Hall–Kier alpha value is -0.390. The van der Waals surface area contributed by atoms with Crippen LogP contribution in [-0.2, 0) is 14.6 Å². The molecule has 0 bridgehead atoms. The fourth-order valence-corrected chi connectivity index (χ4v) is 3.33. The molecular weight excluding hydrogens is 443 g/mol. The minimum absolute atomic E-state index is 0. The Labute approximate surface area is 162 Å². The number of likely N-dealkylation sites (tertiary alicyclic amines) is 1. The lowest BCUT2D eigenvalue weighted by molar-refractivity contribution is 0.153. The Bertz CT molecular complexity index is 531. The summed E-state index contributed by atoms with van der Waals surface area (Å²) in [4.78, 5) is 9.10. The molecule has 0 amide bonds. The number of hydrogen-bond donors (Lipinski definition) is 1. The average Bonchev–Trinajstić information content (AvgIpc) is 3.16. The van der Waals surface area contributed by atoms with Crippen molar-refractivity contribution in [2.75, 3.05) is 65.0 Å². The van der Waals surface area contributed by atoms with E-state index in [2.05, 4.69) is 32.3 Å². The van der Waals surface area contributed by atoms with Crippen molar-refractivity contribution in [3.63, 3.8) is 0 Å². The summed E-state index contributed by atoms with van der Waals surface area (Å²) in [6.07, 6.45) is 6.83. The Balaban J connectivity index is 0.00000288. The zero-order chi connectivity index (χ0) is 16.7. The standard InChI is InChI=1S/C15H28N4O3S.HI/c1-16-15(17-6-10-22-11-12-23(2,20)21)19-9-5-14(13-19)18-7-3-4-8-18;/h3-4,14H,5-13H2,1-2H3,(H,16,17);1H. The van der Waals surface area contributed by atoms with E-state index in [0.29, 0.717) is 19.2 Å². The molecule has 2 aliphatic rings. The van der Waals surface area contributed by atoms with Gasteiger partial charge in [-0.2, -0.15) is 0 Å². The van der Waals surface area contributed by atoms with E-state index in [9.17, 15) is 8.42 Å². The summed E-state index contributed by atoms with van der Waals surface area (Å²) < 4.78 is 27.3. The van der Waals surface area contributed by atoms with Crippen molar-refractivity contribution < 1.29 is 13.2 Å². The quantitative estimate of drug-likeness (QED) is 0.188. The second kappa shape index (κ2) is 10.6. The fraction of sp³-hybridized carbons (Fsp3) is 0.800. The van der Waals surface area contributed by atoms with Crippen LogP contribution < -0.4 is 5.32 Å². The second-order valence-corrected chi connectivity index (χ2v) is 8.29. The highest BCUT2D eigenvalue weighted by Crippen LogP contribution is 2.17. The molecule has 0 aromatic heterocycles. The van der Waals surface area contributed by atoms with E-state index in [1.807, 2.05) is 0 Å². The van der Waals surface area contributed by atoms with Gasteiger partial charge in [-0.05, 0) is 6.42 Å². The Kier molecular flexibility index (Phi) is 9.53. The highest BCUT2D eigenvalue weighted by molar-refractivity contribution is 14.0. The van der Waals surface area contributed by atoms with Crippen LogP contribution in [0, 0.1) is 0 Å². The van der Waals surface area contributed by atoms with Gasteiger partial charge in [0.15, 0.2) is 5.96 Å². The predicted molar refractivity (Wildman–Crippen MR) is 108 cm³/mol. The molecule has 24 heavy (non-hydrogen) atoms. The first-order valence-electron chi connectivity index (χ1n) is 8.10. The number of nitrogens with one attached hydrogen (secondary N) is 1. The molecule has 0 aliphatic carbocycles. The third kappa shape index (κ3) is 7.24. The summed E-state index contributed by atoms with van der Waals surface area (Å²) in [7, 11) is -1.16.